The van der Waals surface area contributed by atoms with Crippen LogP contribution in [0.3, 0.4) is 0 Å². The summed E-state index contributed by atoms with van der Waals surface area (Å²) in [6.45, 7) is 9.85. The van der Waals surface area contributed by atoms with Crippen LogP contribution in [-0.2, 0) is 5.41 Å². The number of nitrogens with zero attached hydrogens (tertiary/aromatic N) is 3. The van der Waals surface area contributed by atoms with Crippen LogP contribution in [0.5, 0.6) is 0 Å². The van der Waals surface area contributed by atoms with Gasteiger partial charge in [-0.2, -0.15) is 0 Å². The summed E-state index contributed by atoms with van der Waals surface area (Å²) < 4.78 is 7.81. The molecule has 8 fully saturated rings. The average molecular weight is 852 g/mol. The predicted molar refractivity (Wildman–Crippen MR) is 266 cm³/mol. The highest BCUT2D eigenvalue weighted by molar-refractivity contribution is 7.02. The van der Waals surface area contributed by atoms with Crippen molar-refractivity contribution in [2.75, 3.05) is 0 Å². The summed E-state index contributed by atoms with van der Waals surface area (Å²) in [5.41, 5.74) is 27.4. The first-order valence-electron chi connectivity index (χ1n) is 26.9. The summed E-state index contributed by atoms with van der Waals surface area (Å²) in [5.74, 6) is 7.83. The van der Waals surface area contributed by atoms with E-state index in [2.05, 4.69) is 89.6 Å². The molecule has 0 radical (unpaired) electrons. The molecular weight excluding hydrogens is 788 g/mol. The number of aryl methyl sites for hydroxylation is 4. The van der Waals surface area contributed by atoms with Crippen LogP contribution in [0.25, 0.3) is 17.0 Å². The van der Waals surface area contributed by atoms with E-state index in [1.54, 1.807) is 38.5 Å². The van der Waals surface area contributed by atoms with Crippen molar-refractivity contribution >= 4 is 57.5 Å². The van der Waals surface area contributed by atoms with Crippen LogP contribution in [0.1, 0.15) is 177 Å². The van der Waals surface area contributed by atoms with Gasteiger partial charge in [0.25, 0.3) is 0 Å². The Morgan fingerprint density at radius 3 is 1.25 bits per heavy atom. The second kappa shape index (κ2) is 12.1. The average Bonchev–Trinajstić information content (AvgIpc) is 3.69. The van der Waals surface area contributed by atoms with Crippen LogP contribution in [0.4, 0.5) is 0 Å². The van der Waals surface area contributed by atoms with E-state index in [-0.39, 0.29) is 24.5 Å². The zero-order chi connectivity index (χ0) is 42.7. The molecule has 20 rings (SSSR count). The van der Waals surface area contributed by atoms with E-state index in [4.69, 9.17) is 0 Å². The molecule has 12 bridgehead atoms. The number of aromatic nitrogens is 3. The molecule has 14 aliphatic rings. The van der Waals surface area contributed by atoms with E-state index in [9.17, 15) is 0 Å². The number of rotatable bonds is 3. The van der Waals surface area contributed by atoms with Crippen LogP contribution in [0, 0.1) is 69.1 Å². The zero-order valence-corrected chi connectivity index (χ0v) is 39.2. The SMILES string of the molecule is Cc1cccc(C)c1B1c2cc(C34CC5CC(CC(C5)C3)C4)cc3c2-n2c4c1c1c(n4c(=O)n4c5c(c(c24)B3c2c(C)cccc2C)C2CC3CC(C2)CC5C3)C2CC3CC(CC1C3)C2. The summed E-state index contributed by atoms with van der Waals surface area (Å²) in [6.07, 6.45) is 21.7. The van der Waals surface area contributed by atoms with Crippen molar-refractivity contribution < 1.29 is 0 Å². The van der Waals surface area contributed by atoms with Gasteiger partial charge in [-0.25, -0.2) is 4.79 Å². The van der Waals surface area contributed by atoms with E-state index < -0.39 is 0 Å². The summed E-state index contributed by atoms with van der Waals surface area (Å²) in [4.78, 5) is 16.8. The zero-order valence-electron chi connectivity index (χ0n) is 39.2. The molecule has 0 spiro atoms. The van der Waals surface area contributed by atoms with Crippen LogP contribution < -0.4 is 38.5 Å². The first-order valence-corrected chi connectivity index (χ1v) is 26.9. The highest BCUT2D eigenvalue weighted by atomic mass is 16.1. The van der Waals surface area contributed by atoms with Gasteiger partial charge >= 0.3 is 5.69 Å². The van der Waals surface area contributed by atoms with Gasteiger partial charge in [0.05, 0.1) is 0 Å². The number of hydrogen-bond acceptors (Lipinski definition) is 1. The van der Waals surface area contributed by atoms with Gasteiger partial charge in [-0.05, 0) is 228 Å². The second-order valence-electron chi connectivity index (χ2n) is 25.6. The molecule has 0 N–H and O–H groups in total. The molecule has 4 unspecified atom stereocenters. The van der Waals surface area contributed by atoms with Crippen molar-refractivity contribution in [3.63, 3.8) is 0 Å². The summed E-state index contributed by atoms with van der Waals surface area (Å²) >= 11 is 0. The second-order valence-corrected chi connectivity index (χ2v) is 25.6. The monoisotopic (exact) mass is 852 g/mol. The third-order valence-electron chi connectivity index (χ3n) is 22.1. The summed E-state index contributed by atoms with van der Waals surface area (Å²) in [5, 5.41) is 0. The third-order valence-corrected chi connectivity index (χ3v) is 22.1. The van der Waals surface area contributed by atoms with Crippen molar-refractivity contribution in [2.24, 2.45) is 41.4 Å². The van der Waals surface area contributed by atoms with Gasteiger partial charge in [0.1, 0.15) is 11.3 Å². The minimum absolute atomic E-state index is 0.106. The largest absolute Gasteiger partial charge is 0.340 e. The molecule has 3 aromatic carbocycles. The fraction of sp³-hybridized carbons (Fsp3) is 0.542. The first kappa shape index (κ1) is 36.9. The number of hydrogen-bond donors (Lipinski definition) is 0. The standard InChI is InChI=1S/C59H63B2N3O/c1-29-7-5-8-30(2)49(29)60-45-24-44(59-26-37-13-38(27-59)15-39(14-37)28-59)25-46-55(45)62-56-51(60)47-40-16-33-11-34(17-40)21-42(20-33)53(47)63(56)58(65)64-54-43-22-35-12-36(23-43)19-41(18-35)48(54)52(57(62)64)61(46)50-31(3)9-6-10-32(50)4/h5-10,24-25,33-43H,11-23,26-28H2,1-4H3. The lowest BCUT2D eigenvalue weighted by Crippen LogP contribution is -2.66. The van der Waals surface area contributed by atoms with Crippen molar-refractivity contribution in [3.8, 4) is 5.69 Å². The van der Waals surface area contributed by atoms with E-state index in [1.807, 2.05) is 0 Å². The maximum absolute atomic E-state index is 16.8. The van der Waals surface area contributed by atoms with Gasteiger partial charge in [0.2, 0.25) is 13.4 Å². The van der Waals surface area contributed by atoms with Crippen molar-refractivity contribution in [1.29, 1.82) is 0 Å². The van der Waals surface area contributed by atoms with Gasteiger partial charge in [0, 0.05) is 28.9 Å². The molecule has 12 aliphatic carbocycles. The fourth-order valence-corrected chi connectivity index (χ4v) is 20.9. The smallest absolute Gasteiger partial charge is 0.283 e. The molecule has 6 aromatic rings. The Balaban J connectivity index is 1.10. The minimum atomic E-state index is 0.106. The molecule has 4 nitrogen and oxygen atoms in total. The van der Waals surface area contributed by atoms with Gasteiger partial charge in [-0.15, -0.1) is 0 Å². The molecule has 0 saturated heterocycles. The van der Waals surface area contributed by atoms with Gasteiger partial charge in [-0.1, -0.05) is 81.7 Å². The molecule has 5 heterocycles. The minimum Gasteiger partial charge on any atom is -0.283 e. The van der Waals surface area contributed by atoms with E-state index in [0.29, 0.717) is 23.7 Å². The molecular formula is C59H63B2N3O. The van der Waals surface area contributed by atoms with Crippen molar-refractivity contribution in [2.45, 2.75) is 160 Å². The molecule has 326 valence electrons. The lowest BCUT2D eigenvalue weighted by atomic mass is 9.29. The van der Waals surface area contributed by atoms with E-state index in [1.165, 1.54) is 164 Å². The summed E-state index contributed by atoms with van der Waals surface area (Å²) in [7, 11) is 0. The Kier molecular flexibility index (Phi) is 6.86. The van der Waals surface area contributed by atoms with Gasteiger partial charge < -0.3 is 0 Å². The van der Waals surface area contributed by atoms with E-state index >= 15 is 4.79 Å². The fourth-order valence-electron chi connectivity index (χ4n) is 20.9. The Morgan fingerprint density at radius 1 is 0.477 bits per heavy atom. The van der Waals surface area contributed by atoms with Crippen LogP contribution in [0.2, 0.25) is 0 Å². The normalized spacial score (nSPS) is 35.5. The van der Waals surface area contributed by atoms with Crippen molar-refractivity contribution in [1.82, 2.24) is 13.4 Å². The maximum atomic E-state index is 16.8. The predicted octanol–water partition coefficient (Wildman–Crippen LogP) is 8.49. The van der Waals surface area contributed by atoms with Crippen molar-refractivity contribution in [3.05, 3.63) is 109 Å². The highest BCUT2D eigenvalue weighted by Crippen LogP contribution is 2.62. The van der Waals surface area contributed by atoms with Crippen LogP contribution in [-0.4, -0.2) is 26.8 Å². The van der Waals surface area contributed by atoms with Gasteiger partial charge in [0.15, 0.2) is 0 Å². The molecule has 8 saturated carbocycles. The highest BCUT2D eigenvalue weighted by Gasteiger charge is 2.57. The third kappa shape index (κ3) is 4.42. The first-order chi connectivity index (χ1) is 31.7. The maximum Gasteiger partial charge on any atom is 0.340 e. The van der Waals surface area contributed by atoms with Crippen LogP contribution >= 0.6 is 0 Å². The number of benzene rings is 3. The molecule has 4 atom stereocenters. The topological polar surface area (TPSA) is 30.8 Å². The van der Waals surface area contributed by atoms with Crippen LogP contribution in [0.15, 0.2) is 53.3 Å². The van der Waals surface area contributed by atoms with Gasteiger partial charge in [-0.3, -0.25) is 13.4 Å². The molecule has 0 amide bonds. The Hall–Kier alpha value is -4.18. The quantitative estimate of drug-likeness (QED) is 0.164. The lowest BCUT2D eigenvalue weighted by Gasteiger charge is -2.57. The molecule has 6 heteroatoms. The Morgan fingerprint density at radius 2 is 0.846 bits per heavy atom. The Bertz CT molecular complexity index is 2980. The molecule has 65 heavy (non-hydrogen) atoms. The van der Waals surface area contributed by atoms with E-state index in [0.717, 1.165) is 41.4 Å². The summed E-state index contributed by atoms with van der Waals surface area (Å²) in [6, 6.07) is 20.0. The molecule has 2 aliphatic heterocycles. The lowest BCUT2D eigenvalue weighted by molar-refractivity contribution is -0.00512. The Labute approximate surface area is 385 Å². The molecule has 3 aromatic heterocycles.